The fourth-order valence-electron chi connectivity index (χ4n) is 1.21. The normalized spacial score (nSPS) is 10.1. The highest BCUT2D eigenvalue weighted by Gasteiger charge is 1.97. The van der Waals surface area contributed by atoms with Gasteiger partial charge in [-0.1, -0.05) is 27.6 Å². The zero-order valence-electron chi connectivity index (χ0n) is 8.98. The number of hydrogen-bond acceptors (Lipinski definition) is 1. The molecule has 0 atom stereocenters. The third-order valence-electron chi connectivity index (χ3n) is 1.91. The molecule has 3 heteroatoms. The topological polar surface area (TPSA) is 12.0 Å². The van der Waals surface area contributed by atoms with E-state index in [0.717, 1.165) is 16.6 Å². The summed E-state index contributed by atoms with van der Waals surface area (Å²) in [6.45, 7) is 5.61. The van der Waals surface area contributed by atoms with Crippen molar-refractivity contribution in [1.82, 2.24) is 5.32 Å². The number of nitrogens with one attached hydrogen (secondary N) is 1. The van der Waals surface area contributed by atoms with Gasteiger partial charge in [-0.25, -0.2) is 4.39 Å². The molecule has 0 aliphatic rings. The lowest BCUT2D eigenvalue weighted by Crippen LogP contribution is -2.13. The molecule has 0 saturated heterocycles. The highest BCUT2D eigenvalue weighted by atomic mass is 79.9. The maximum absolute atomic E-state index is 13.0. The van der Waals surface area contributed by atoms with E-state index in [9.17, 15) is 4.39 Å². The molecule has 1 nitrogen and oxygen atoms in total. The summed E-state index contributed by atoms with van der Waals surface area (Å²) in [5, 5.41) is 3.22. The van der Waals surface area contributed by atoms with Crippen molar-refractivity contribution >= 4 is 15.9 Å². The fraction of sp³-hybridized carbons (Fsp3) is 0.333. The molecule has 0 heterocycles. The second kappa shape index (κ2) is 6.03. The molecule has 1 aromatic carbocycles. The van der Waals surface area contributed by atoms with Crippen LogP contribution in [0.3, 0.4) is 0 Å². The van der Waals surface area contributed by atoms with Gasteiger partial charge in [0.1, 0.15) is 5.82 Å². The Balaban J connectivity index is 2.47. The molecule has 82 valence electrons. The molecule has 0 spiro atoms. The summed E-state index contributed by atoms with van der Waals surface area (Å²) in [7, 11) is 0. The molecule has 0 aromatic heterocycles. The van der Waals surface area contributed by atoms with E-state index in [2.05, 4.69) is 41.2 Å². The molecule has 0 unspecified atom stereocenters. The average Bonchev–Trinajstić information content (AvgIpc) is 2.10. The maximum Gasteiger partial charge on any atom is 0.124 e. The minimum Gasteiger partial charge on any atom is -0.309 e. The molecule has 0 aliphatic heterocycles. The van der Waals surface area contributed by atoms with E-state index in [1.165, 1.54) is 11.6 Å². The largest absolute Gasteiger partial charge is 0.309 e. The number of benzene rings is 1. The van der Waals surface area contributed by atoms with Crippen LogP contribution < -0.4 is 5.32 Å². The highest BCUT2D eigenvalue weighted by Crippen LogP contribution is 2.14. The Bertz CT molecular complexity index is 336. The second-order valence-corrected chi connectivity index (χ2v) is 4.61. The van der Waals surface area contributed by atoms with E-state index >= 15 is 0 Å². The minimum absolute atomic E-state index is 0.205. The van der Waals surface area contributed by atoms with Gasteiger partial charge in [-0.05, 0) is 37.6 Å². The molecular formula is C12H15BrFN. The number of halogens is 2. The first kappa shape index (κ1) is 12.4. The van der Waals surface area contributed by atoms with Gasteiger partial charge < -0.3 is 5.32 Å². The SMILES string of the molecule is CC(C)=CCNCc1cc(F)cc(Br)c1. The Morgan fingerprint density at radius 1 is 1.40 bits per heavy atom. The van der Waals surface area contributed by atoms with Crippen molar-refractivity contribution in [3.05, 3.63) is 45.7 Å². The van der Waals surface area contributed by atoms with Crippen LogP contribution in [-0.4, -0.2) is 6.54 Å². The smallest absolute Gasteiger partial charge is 0.124 e. The van der Waals surface area contributed by atoms with Crippen LogP contribution in [0, 0.1) is 5.82 Å². The van der Waals surface area contributed by atoms with Crippen LogP contribution in [0.1, 0.15) is 19.4 Å². The molecule has 1 rings (SSSR count). The van der Waals surface area contributed by atoms with Crippen LogP contribution in [0.25, 0.3) is 0 Å². The lowest BCUT2D eigenvalue weighted by Gasteiger charge is -2.03. The van der Waals surface area contributed by atoms with Crippen molar-refractivity contribution in [2.75, 3.05) is 6.54 Å². The molecule has 0 amide bonds. The summed E-state index contributed by atoms with van der Waals surface area (Å²) in [6.07, 6.45) is 2.11. The highest BCUT2D eigenvalue weighted by molar-refractivity contribution is 9.10. The molecule has 1 N–H and O–H groups in total. The van der Waals surface area contributed by atoms with E-state index in [0.29, 0.717) is 6.54 Å². The van der Waals surface area contributed by atoms with Gasteiger partial charge in [0.15, 0.2) is 0 Å². The maximum atomic E-state index is 13.0. The predicted molar refractivity (Wildman–Crippen MR) is 65.2 cm³/mol. The molecule has 0 saturated carbocycles. The van der Waals surface area contributed by atoms with E-state index in [1.54, 1.807) is 6.07 Å². The van der Waals surface area contributed by atoms with Crippen molar-refractivity contribution < 1.29 is 4.39 Å². The third-order valence-corrected chi connectivity index (χ3v) is 2.36. The monoisotopic (exact) mass is 271 g/mol. The van der Waals surface area contributed by atoms with E-state index < -0.39 is 0 Å². The van der Waals surface area contributed by atoms with Crippen molar-refractivity contribution in [3.8, 4) is 0 Å². The van der Waals surface area contributed by atoms with Crippen molar-refractivity contribution in [2.45, 2.75) is 20.4 Å². The Morgan fingerprint density at radius 2 is 2.13 bits per heavy atom. The summed E-state index contributed by atoms with van der Waals surface area (Å²) in [6, 6.07) is 4.92. The molecule has 15 heavy (non-hydrogen) atoms. The summed E-state index contributed by atoms with van der Waals surface area (Å²) in [4.78, 5) is 0. The quantitative estimate of drug-likeness (QED) is 0.651. The van der Waals surface area contributed by atoms with Crippen LogP contribution in [-0.2, 0) is 6.54 Å². The Morgan fingerprint density at radius 3 is 2.73 bits per heavy atom. The Kier molecular flexibility index (Phi) is 4.99. The van der Waals surface area contributed by atoms with Crippen LogP contribution in [0.2, 0.25) is 0 Å². The Hall–Kier alpha value is -0.670. The first-order valence-electron chi connectivity index (χ1n) is 4.87. The van der Waals surface area contributed by atoms with Gasteiger partial charge in [0, 0.05) is 17.6 Å². The first-order chi connectivity index (χ1) is 7.08. The second-order valence-electron chi connectivity index (χ2n) is 3.69. The standard InChI is InChI=1S/C12H15BrFN/c1-9(2)3-4-15-8-10-5-11(13)7-12(14)6-10/h3,5-7,15H,4,8H2,1-2H3. The van der Waals surface area contributed by atoms with Crippen LogP contribution in [0.5, 0.6) is 0 Å². The van der Waals surface area contributed by atoms with Gasteiger partial charge in [-0.3, -0.25) is 0 Å². The van der Waals surface area contributed by atoms with E-state index in [1.807, 2.05) is 6.07 Å². The van der Waals surface area contributed by atoms with Gasteiger partial charge in [0.2, 0.25) is 0 Å². The van der Waals surface area contributed by atoms with E-state index in [-0.39, 0.29) is 5.82 Å². The van der Waals surface area contributed by atoms with Gasteiger partial charge >= 0.3 is 0 Å². The van der Waals surface area contributed by atoms with Crippen LogP contribution in [0.4, 0.5) is 4.39 Å². The van der Waals surface area contributed by atoms with E-state index in [4.69, 9.17) is 0 Å². The van der Waals surface area contributed by atoms with Crippen LogP contribution in [0.15, 0.2) is 34.3 Å². The summed E-state index contributed by atoms with van der Waals surface area (Å²) >= 11 is 3.27. The fourth-order valence-corrected chi connectivity index (χ4v) is 1.72. The van der Waals surface area contributed by atoms with Gasteiger partial charge in [0.05, 0.1) is 0 Å². The Labute approximate surface area is 98.5 Å². The van der Waals surface area contributed by atoms with Gasteiger partial charge in [-0.2, -0.15) is 0 Å². The lowest BCUT2D eigenvalue weighted by atomic mass is 10.2. The number of hydrogen-bond donors (Lipinski definition) is 1. The zero-order valence-corrected chi connectivity index (χ0v) is 10.6. The van der Waals surface area contributed by atoms with Gasteiger partial charge in [0.25, 0.3) is 0 Å². The van der Waals surface area contributed by atoms with Crippen molar-refractivity contribution in [1.29, 1.82) is 0 Å². The number of allylic oxidation sites excluding steroid dienone is 1. The molecule has 0 aliphatic carbocycles. The summed E-state index contributed by atoms with van der Waals surface area (Å²) in [5.41, 5.74) is 2.23. The predicted octanol–water partition coefficient (Wildman–Crippen LogP) is 3.64. The molecule has 0 bridgehead atoms. The molecule has 0 radical (unpaired) electrons. The first-order valence-corrected chi connectivity index (χ1v) is 5.66. The lowest BCUT2D eigenvalue weighted by molar-refractivity contribution is 0.622. The zero-order chi connectivity index (χ0) is 11.3. The average molecular weight is 272 g/mol. The minimum atomic E-state index is -0.205. The molecular weight excluding hydrogens is 257 g/mol. The molecule has 1 aromatic rings. The van der Waals surface area contributed by atoms with Gasteiger partial charge in [-0.15, -0.1) is 0 Å². The van der Waals surface area contributed by atoms with Crippen molar-refractivity contribution in [3.63, 3.8) is 0 Å². The van der Waals surface area contributed by atoms with Crippen molar-refractivity contribution in [2.24, 2.45) is 0 Å². The summed E-state index contributed by atoms with van der Waals surface area (Å²) < 4.78 is 13.8. The molecule has 0 fully saturated rings. The number of rotatable bonds is 4. The van der Waals surface area contributed by atoms with Crippen LogP contribution >= 0.6 is 15.9 Å². The summed E-state index contributed by atoms with van der Waals surface area (Å²) in [5.74, 6) is -0.205. The third kappa shape index (κ3) is 5.09.